The van der Waals surface area contributed by atoms with Gasteiger partial charge in [0.25, 0.3) is 15.9 Å². The molecule has 4 rings (SSSR count). The number of amides is 2. The molecule has 0 aromatic heterocycles. The minimum absolute atomic E-state index is 0.0557. The van der Waals surface area contributed by atoms with Crippen LogP contribution in [0.4, 0.5) is 11.4 Å². The zero-order chi connectivity index (χ0) is 27.3. The largest absolute Gasteiger partial charge is 0.495 e. The second-order valence-corrected chi connectivity index (χ2v) is 11.3. The number of anilines is 2. The zero-order valence-electron chi connectivity index (χ0n) is 21.9. The van der Waals surface area contributed by atoms with Gasteiger partial charge in [0, 0.05) is 13.1 Å². The smallest absolute Gasteiger partial charge is 0.264 e. The third-order valence-corrected chi connectivity index (χ3v) is 8.35. The number of benzene rings is 3. The number of piperidine rings is 1. The van der Waals surface area contributed by atoms with Gasteiger partial charge in [0.2, 0.25) is 5.91 Å². The summed E-state index contributed by atoms with van der Waals surface area (Å²) in [5.74, 6) is -0.409. The van der Waals surface area contributed by atoms with Crippen LogP contribution in [0.3, 0.4) is 0 Å². The highest BCUT2D eigenvalue weighted by Gasteiger charge is 2.30. The highest BCUT2D eigenvalue weighted by molar-refractivity contribution is 7.92. The second-order valence-electron chi connectivity index (χ2n) is 9.45. The van der Waals surface area contributed by atoms with E-state index in [0.29, 0.717) is 30.1 Å². The summed E-state index contributed by atoms with van der Waals surface area (Å²) in [4.78, 5) is 28.4. The van der Waals surface area contributed by atoms with E-state index in [4.69, 9.17) is 4.74 Å². The summed E-state index contributed by atoms with van der Waals surface area (Å²) in [5, 5.41) is 2.78. The molecular weight excluding hydrogens is 502 g/mol. The molecular formula is C29H33N3O5S. The van der Waals surface area contributed by atoms with E-state index >= 15 is 0 Å². The maximum atomic E-state index is 13.8. The van der Waals surface area contributed by atoms with Crippen LogP contribution < -0.4 is 14.4 Å². The number of nitrogens with one attached hydrogen (secondary N) is 1. The van der Waals surface area contributed by atoms with Gasteiger partial charge in [0.15, 0.2) is 0 Å². The third kappa shape index (κ3) is 5.99. The highest BCUT2D eigenvalue weighted by atomic mass is 32.2. The molecule has 1 saturated heterocycles. The predicted octanol–water partition coefficient (Wildman–Crippen LogP) is 4.77. The summed E-state index contributed by atoms with van der Waals surface area (Å²) < 4.78 is 34.2. The van der Waals surface area contributed by atoms with Crippen molar-refractivity contribution >= 4 is 33.2 Å². The monoisotopic (exact) mass is 535 g/mol. The summed E-state index contributed by atoms with van der Waals surface area (Å²) >= 11 is 0. The standard InChI is InChI=1S/C29H33N3O5S/c1-21-11-14-23(15-12-21)38(35,36)32(26-19-22(2)13-16-27(26)37-3)20-28(33)30-25-10-6-5-9-24(25)29(34)31-17-7-4-8-18-31/h5-6,9-16,19H,4,7-8,17-18,20H2,1-3H3,(H,30,33). The molecule has 0 saturated carbocycles. The van der Waals surface area contributed by atoms with Gasteiger partial charge in [-0.15, -0.1) is 0 Å². The van der Waals surface area contributed by atoms with Gasteiger partial charge in [-0.05, 0) is 75.1 Å². The van der Waals surface area contributed by atoms with Crippen molar-refractivity contribution in [3.8, 4) is 5.75 Å². The molecule has 3 aromatic carbocycles. The van der Waals surface area contributed by atoms with E-state index in [1.807, 2.05) is 19.9 Å². The average molecular weight is 536 g/mol. The van der Waals surface area contributed by atoms with Gasteiger partial charge >= 0.3 is 0 Å². The van der Waals surface area contributed by atoms with E-state index in [9.17, 15) is 18.0 Å². The number of para-hydroxylation sites is 1. The van der Waals surface area contributed by atoms with Gasteiger partial charge < -0.3 is 15.0 Å². The Balaban J connectivity index is 1.67. The molecule has 1 aliphatic heterocycles. The minimum atomic E-state index is -4.13. The second kappa shape index (κ2) is 11.7. The Labute approximate surface area is 224 Å². The van der Waals surface area contributed by atoms with Crippen molar-refractivity contribution in [3.63, 3.8) is 0 Å². The Hall–Kier alpha value is -3.85. The number of carbonyl (C=O) groups is 2. The predicted molar refractivity (Wildman–Crippen MR) is 148 cm³/mol. The number of ether oxygens (including phenoxy) is 1. The number of hydrogen-bond acceptors (Lipinski definition) is 5. The van der Waals surface area contributed by atoms with Gasteiger partial charge in [-0.3, -0.25) is 13.9 Å². The lowest BCUT2D eigenvalue weighted by Gasteiger charge is -2.28. The van der Waals surface area contributed by atoms with Crippen LogP contribution in [0, 0.1) is 13.8 Å². The van der Waals surface area contributed by atoms with Crippen LogP contribution in [0.1, 0.15) is 40.7 Å². The summed E-state index contributed by atoms with van der Waals surface area (Å²) in [6.07, 6.45) is 2.99. The molecule has 1 N–H and O–H groups in total. The molecule has 0 spiro atoms. The average Bonchev–Trinajstić information content (AvgIpc) is 2.92. The maximum Gasteiger partial charge on any atom is 0.264 e. The van der Waals surface area contributed by atoms with Gasteiger partial charge in [-0.25, -0.2) is 8.42 Å². The quantitative estimate of drug-likeness (QED) is 0.448. The Bertz CT molecular complexity index is 1410. The molecule has 0 aliphatic carbocycles. The van der Waals surface area contributed by atoms with Crippen LogP contribution in [0.15, 0.2) is 71.6 Å². The first-order valence-electron chi connectivity index (χ1n) is 12.6. The topological polar surface area (TPSA) is 96.0 Å². The molecule has 1 aliphatic rings. The van der Waals surface area contributed by atoms with Gasteiger partial charge in [-0.2, -0.15) is 0 Å². The van der Waals surface area contributed by atoms with E-state index in [-0.39, 0.29) is 16.5 Å². The van der Waals surface area contributed by atoms with E-state index < -0.39 is 22.5 Å². The van der Waals surface area contributed by atoms with Crippen molar-refractivity contribution < 1.29 is 22.7 Å². The lowest BCUT2D eigenvalue weighted by molar-refractivity contribution is -0.114. The summed E-state index contributed by atoms with van der Waals surface area (Å²) in [6, 6.07) is 18.4. The van der Waals surface area contributed by atoms with Gasteiger partial charge in [0.05, 0.1) is 28.9 Å². The molecule has 2 amide bonds. The summed E-state index contributed by atoms with van der Waals surface area (Å²) in [5.41, 5.74) is 2.70. The van der Waals surface area contributed by atoms with E-state index in [2.05, 4.69) is 5.32 Å². The van der Waals surface area contributed by atoms with E-state index in [1.54, 1.807) is 53.4 Å². The van der Waals surface area contributed by atoms with Crippen molar-refractivity contribution in [1.29, 1.82) is 0 Å². The maximum absolute atomic E-state index is 13.8. The van der Waals surface area contributed by atoms with E-state index in [0.717, 1.165) is 34.7 Å². The number of sulfonamides is 1. The molecule has 9 heteroatoms. The molecule has 38 heavy (non-hydrogen) atoms. The van der Waals surface area contributed by atoms with Crippen molar-refractivity contribution in [2.45, 2.75) is 38.0 Å². The van der Waals surface area contributed by atoms with E-state index in [1.165, 1.54) is 19.2 Å². The lowest BCUT2D eigenvalue weighted by atomic mass is 10.1. The van der Waals surface area contributed by atoms with Crippen molar-refractivity contribution in [2.24, 2.45) is 0 Å². The summed E-state index contributed by atoms with van der Waals surface area (Å²) in [7, 11) is -2.68. The fraction of sp³-hybridized carbons (Fsp3) is 0.310. The zero-order valence-corrected chi connectivity index (χ0v) is 22.8. The van der Waals surface area contributed by atoms with Crippen LogP contribution in [-0.4, -0.2) is 51.9 Å². The van der Waals surface area contributed by atoms with Gasteiger partial charge in [-0.1, -0.05) is 35.9 Å². The summed E-state index contributed by atoms with van der Waals surface area (Å²) in [6.45, 7) is 4.55. The normalized spacial score (nSPS) is 13.6. The SMILES string of the molecule is COc1ccc(C)cc1N(CC(=O)Nc1ccccc1C(=O)N1CCCCC1)S(=O)(=O)c1ccc(C)cc1. The molecule has 0 bridgehead atoms. The number of likely N-dealkylation sites (tertiary alicyclic amines) is 1. The number of methoxy groups -OCH3 is 1. The molecule has 1 heterocycles. The Morgan fingerprint density at radius 1 is 0.921 bits per heavy atom. The highest BCUT2D eigenvalue weighted by Crippen LogP contribution is 2.33. The van der Waals surface area contributed by atoms with Crippen LogP contribution in [-0.2, 0) is 14.8 Å². The molecule has 0 radical (unpaired) electrons. The van der Waals surface area contributed by atoms with Crippen LogP contribution in [0.2, 0.25) is 0 Å². The van der Waals surface area contributed by atoms with Crippen LogP contribution in [0.25, 0.3) is 0 Å². The first-order chi connectivity index (χ1) is 18.2. The molecule has 3 aromatic rings. The third-order valence-electron chi connectivity index (χ3n) is 6.57. The molecule has 1 fully saturated rings. The lowest BCUT2D eigenvalue weighted by Crippen LogP contribution is -2.39. The van der Waals surface area contributed by atoms with Crippen LogP contribution in [0.5, 0.6) is 5.75 Å². The Kier molecular flexibility index (Phi) is 8.36. The van der Waals surface area contributed by atoms with Crippen molar-refractivity contribution in [2.75, 3.05) is 36.4 Å². The molecule has 8 nitrogen and oxygen atoms in total. The fourth-order valence-electron chi connectivity index (χ4n) is 4.50. The molecule has 200 valence electrons. The van der Waals surface area contributed by atoms with Gasteiger partial charge in [0.1, 0.15) is 12.3 Å². The van der Waals surface area contributed by atoms with Crippen molar-refractivity contribution in [3.05, 3.63) is 83.4 Å². The van der Waals surface area contributed by atoms with Crippen molar-refractivity contribution in [1.82, 2.24) is 4.90 Å². The number of nitrogens with zero attached hydrogens (tertiary/aromatic N) is 2. The number of rotatable bonds is 8. The molecule has 0 unspecified atom stereocenters. The first-order valence-corrected chi connectivity index (χ1v) is 14.1. The molecule has 0 atom stereocenters. The van der Waals surface area contributed by atoms with Crippen LogP contribution >= 0.6 is 0 Å². The first kappa shape index (κ1) is 27.2. The fourth-order valence-corrected chi connectivity index (χ4v) is 5.92. The number of aryl methyl sites for hydroxylation is 2. The number of hydrogen-bond donors (Lipinski definition) is 1. The Morgan fingerprint density at radius 2 is 1.58 bits per heavy atom. The number of carbonyl (C=O) groups excluding carboxylic acids is 2. The minimum Gasteiger partial charge on any atom is -0.495 e. The Morgan fingerprint density at radius 3 is 2.26 bits per heavy atom.